The molecule has 3 atom stereocenters. The number of anilines is 1. The Morgan fingerprint density at radius 3 is 2.44 bits per heavy atom. The van der Waals surface area contributed by atoms with Gasteiger partial charge >= 0.3 is 0 Å². The Bertz CT molecular complexity index is 1080. The van der Waals surface area contributed by atoms with Gasteiger partial charge in [0.25, 0.3) is 5.91 Å². The Kier molecular flexibility index (Phi) is 6.89. The maximum Gasteiger partial charge on any atom is 0.260 e. The van der Waals surface area contributed by atoms with Gasteiger partial charge in [-0.15, -0.1) is 11.8 Å². The minimum Gasteiger partial charge on any atom is -0.368 e. The van der Waals surface area contributed by atoms with E-state index in [1.165, 1.54) is 5.69 Å². The van der Waals surface area contributed by atoms with Gasteiger partial charge in [0.2, 0.25) is 5.91 Å². The van der Waals surface area contributed by atoms with Crippen molar-refractivity contribution in [1.29, 1.82) is 0 Å². The van der Waals surface area contributed by atoms with Crippen LogP contribution in [0, 0.1) is 5.92 Å². The molecule has 7 heteroatoms. The molecule has 0 spiro atoms. The van der Waals surface area contributed by atoms with E-state index >= 15 is 0 Å². The molecule has 3 fully saturated rings. The number of carbonyl (C=O) groups is 2. The summed E-state index contributed by atoms with van der Waals surface area (Å²) in [5.41, 5.74) is 2.08. The lowest BCUT2D eigenvalue weighted by molar-refractivity contribution is -0.139. The molecule has 34 heavy (non-hydrogen) atoms. The minimum absolute atomic E-state index is 0.00512. The van der Waals surface area contributed by atoms with Gasteiger partial charge in [-0.25, -0.2) is 0 Å². The number of piperazine rings is 1. The molecule has 2 amide bonds. The first-order valence-electron chi connectivity index (χ1n) is 12.0. The molecule has 0 radical (unpaired) electrons. The van der Waals surface area contributed by atoms with E-state index in [1.54, 1.807) is 11.8 Å². The number of thioether (sulfide) groups is 1. The largest absolute Gasteiger partial charge is 0.368 e. The molecule has 0 N–H and O–H groups in total. The number of carbonyl (C=O) groups excluding carboxylic acids is 2. The number of halogens is 1. The topological polar surface area (TPSA) is 43.9 Å². The van der Waals surface area contributed by atoms with E-state index in [1.807, 2.05) is 53.3 Å². The summed E-state index contributed by atoms with van der Waals surface area (Å²) in [6, 6.07) is 18.1. The molecule has 0 aromatic heterocycles. The van der Waals surface area contributed by atoms with E-state index in [0.717, 1.165) is 55.9 Å². The molecule has 2 heterocycles. The van der Waals surface area contributed by atoms with Crippen LogP contribution >= 0.6 is 23.4 Å². The molecule has 2 aliphatic heterocycles. The van der Waals surface area contributed by atoms with Crippen molar-refractivity contribution in [2.24, 2.45) is 5.92 Å². The number of para-hydroxylation sites is 1. The summed E-state index contributed by atoms with van der Waals surface area (Å²) in [6.07, 6.45) is 4.48. The third-order valence-corrected chi connectivity index (χ3v) is 9.06. The lowest BCUT2D eigenvalue weighted by Crippen LogP contribution is -2.55. The highest BCUT2D eigenvalue weighted by Gasteiger charge is 2.43. The number of amides is 2. The Morgan fingerprint density at radius 1 is 1.00 bits per heavy atom. The molecule has 5 nitrogen and oxygen atoms in total. The van der Waals surface area contributed by atoms with E-state index in [9.17, 15) is 9.59 Å². The minimum atomic E-state index is -0.00512. The predicted octanol–water partition coefficient (Wildman–Crippen LogP) is 4.77. The summed E-state index contributed by atoms with van der Waals surface area (Å²) in [5.74, 6) is 0.277. The van der Waals surface area contributed by atoms with E-state index in [0.29, 0.717) is 10.3 Å². The zero-order valence-electron chi connectivity index (χ0n) is 19.4. The van der Waals surface area contributed by atoms with E-state index in [2.05, 4.69) is 29.2 Å². The Balaban J connectivity index is 1.21. The van der Waals surface area contributed by atoms with Crippen LogP contribution in [0.15, 0.2) is 59.5 Å². The van der Waals surface area contributed by atoms with E-state index in [4.69, 9.17) is 11.6 Å². The number of hydrogen-bond acceptors (Lipinski definition) is 4. The number of likely N-dealkylation sites (N-methyl/N-ethyl adjacent to an activating group) is 1. The van der Waals surface area contributed by atoms with Crippen molar-refractivity contribution in [1.82, 2.24) is 9.80 Å². The van der Waals surface area contributed by atoms with Crippen molar-refractivity contribution >= 4 is 46.9 Å². The molecule has 3 unspecified atom stereocenters. The molecule has 0 bridgehead atoms. The van der Waals surface area contributed by atoms with E-state index in [-0.39, 0.29) is 23.8 Å². The second-order valence-electron chi connectivity index (χ2n) is 9.33. The van der Waals surface area contributed by atoms with Crippen molar-refractivity contribution in [3.63, 3.8) is 0 Å². The van der Waals surface area contributed by atoms with Gasteiger partial charge in [0, 0.05) is 61.1 Å². The highest BCUT2D eigenvalue weighted by atomic mass is 35.5. The normalized spacial score (nSPS) is 26.5. The van der Waals surface area contributed by atoms with Gasteiger partial charge in [-0.3, -0.25) is 9.59 Å². The Labute approximate surface area is 210 Å². The summed E-state index contributed by atoms with van der Waals surface area (Å²) < 4.78 is 0. The number of hydrogen-bond donors (Lipinski definition) is 0. The fourth-order valence-electron chi connectivity index (χ4n) is 5.34. The SMILES string of the molecule is CN1C(=O)/C(=C/c2ccccc2Cl)SC2CCC(C(=O)N3CCN(c4ccccc4)CC3)CC21. The highest BCUT2D eigenvalue weighted by molar-refractivity contribution is 8.04. The van der Waals surface area contributed by atoms with Crippen LogP contribution < -0.4 is 4.90 Å². The van der Waals surface area contributed by atoms with Crippen LogP contribution in [-0.4, -0.2) is 66.1 Å². The first-order chi connectivity index (χ1) is 16.5. The van der Waals surface area contributed by atoms with Crippen LogP contribution in [0.2, 0.25) is 5.02 Å². The van der Waals surface area contributed by atoms with Crippen LogP contribution in [0.3, 0.4) is 0 Å². The first kappa shape index (κ1) is 23.3. The first-order valence-corrected chi connectivity index (χ1v) is 13.3. The quantitative estimate of drug-likeness (QED) is 0.575. The monoisotopic (exact) mass is 495 g/mol. The predicted molar refractivity (Wildman–Crippen MR) is 140 cm³/mol. The van der Waals surface area contributed by atoms with Crippen molar-refractivity contribution in [2.45, 2.75) is 30.6 Å². The van der Waals surface area contributed by atoms with Crippen molar-refractivity contribution < 1.29 is 9.59 Å². The second kappa shape index (κ2) is 10.0. The lowest BCUT2D eigenvalue weighted by atomic mass is 9.83. The van der Waals surface area contributed by atoms with Crippen LogP contribution in [-0.2, 0) is 9.59 Å². The highest BCUT2D eigenvalue weighted by Crippen LogP contribution is 2.44. The fraction of sp³-hybridized carbons (Fsp3) is 0.407. The zero-order chi connectivity index (χ0) is 23.7. The van der Waals surface area contributed by atoms with Gasteiger partial charge in [0.1, 0.15) is 0 Å². The average Bonchev–Trinajstić information content (AvgIpc) is 2.88. The number of benzene rings is 2. The summed E-state index contributed by atoms with van der Waals surface area (Å²) in [7, 11) is 1.88. The molecule has 1 aliphatic carbocycles. The molecular formula is C27H30ClN3O2S. The Morgan fingerprint density at radius 2 is 1.71 bits per heavy atom. The zero-order valence-corrected chi connectivity index (χ0v) is 21.0. The molecule has 2 aromatic rings. The summed E-state index contributed by atoms with van der Waals surface area (Å²) in [6.45, 7) is 3.23. The average molecular weight is 496 g/mol. The summed E-state index contributed by atoms with van der Waals surface area (Å²) >= 11 is 7.97. The smallest absolute Gasteiger partial charge is 0.260 e. The Hall–Kier alpha value is -2.44. The molecule has 178 valence electrons. The van der Waals surface area contributed by atoms with Crippen molar-refractivity contribution in [2.75, 3.05) is 38.1 Å². The number of fused-ring (bicyclic) bond motifs is 1. The van der Waals surface area contributed by atoms with E-state index < -0.39 is 0 Å². The van der Waals surface area contributed by atoms with Crippen molar-refractivity contribution in [3.05, 3.63) is 70.1 Å². The van der Waals surface area contributed by atoms with Crippen LogP contribution in [0.1, 0.15) is 24.8 Å². The third-order valence-electron chi connectivity index (χ3n) is 7.32. The molecule has 2 saturated heterocycles. The van der Waals surface area contributed by atoms with Gasteiger partial charge in [-0.2, -0.15) is 0 Å². The molecule has 5 rings (SSSR count). The van der Waals surface area contributed by atoms with Crippen molar-refractivity contribution in [3.8, 4) is 0 Å². The van der Waals surface area contributed by atoms with Crippen LogP contribution in [0.4, 0.5) is 5.69 Å². The lowest BCUT2D eigenvalue weighted by Gasteiger charge is -2.45. The molecule has 3 aliphatic rings. The summed E-state index contributed by atoms with van der Waals surface area (Å²) in [4.78, 5) is 33.5. The number of nitrogens with zero attached hydrogens (tertiary/aromatic N) is 3. The maximum atomic E-state index is 13.4. The molecule has 2 aromatic carbocycles. The fourth-order valence-corrected chi connectivity index (χ4v) is 7.00. The maximum absolute atomic E-state index is 13.4. The van der Waals surface area contributed by atoms with Gasteiger partial charge in [-0.05, 0) is 49.1 Å². The van der Waals surface area contributed by atoms with Gasteiger partial charge in [0.15, 0.2) is 0 Å². The standard InChI is InChI=1S/C27H30ClN3O2S/c1-29-23-17-20(26(32)31-15-13-30(14-16-31)21-8-3-2-4-9-21)11-12-24(23)34-25(27(29)33)18-19-7-5-6-10-22(19)28/h2-10,18,20,23-24H,11-17H2,1H3/b25-18-. The number of rotatable bonds is 3. The molecule has 1 saturated carbocycles. The van der Waals surface area contributed by atoms with Crippen LogP contribution in [0.25, 0.3) is 6.08 Å². The van der Waals surface area contributed by atoms with Crippen LogP contribution in [0.5, 0.6) is 0 Å². The van der Waals surface area contributed by atoms with Gasteiger partial charge in [-0.1, -0.05) is 48.0 Å². The van der Waals surface area contributed by atoms with Gasteiger partial charge < -0.3 is 14.7 Å². The second-order valence-corrected chi connectivity index (χ2v) is 11.0. The third kappa shape index (κ3) is 4.71. The summed E-state index contributed by atoms with van der Waals surface area (Å²) in [5, 5.41) is 0.963. The van der Waals surface area contributed by atoms with Gasteiger partial charge in [0.05, 0.1) is 4.91 Å². The molecular weight excluding hydrogens is 466 g/mol.